The first-order chi connectivity index (χ1) is 8.74. The molecule has 0 saturated heterocycles. The summed E-state index contributed by atoms with van der Waals surface area (Å²) in [6.45, 7) is 0. The molecule has 0 aliphatic rings. The van der Waals surface area contributed by atoms with E-state index in [4.69, 9.17) is 21.1 Å². The number of halogens is 1. The lowest BCUT2D eigenvalue weighted by atomic mass is 10.2. The van der Waals surface area contributed by atoms with Crippen LogP contribution in [0.4, 0.5) is 0 Å². The third kappa shape index (κ3) is 2.63. The quantitative estimate of drug-likeness (QED) is 0.783. The van der Waals surface area contributed by atoms with Gasteiger partial charge in [-0.3, -0.25) is 4.79 Å². The van der Waals surface area contributed by atoms with Crippen LogP contribution in [0.5, 0.6) is 17.2 Å². The Morgan fingerprint density at radius 1 is 1.17 bits per heavy atom. The molecule has 0 radical (unpaired) electrons. The Balaban J connectivity index is 2.41. The molecule has 0 spiro atoms. The second-order valence-electron chi connectivity index (χ2n) is 3.57. The highest BCUT2D eigenvalue weighted by molar-refractivity contribution is 6.32. The standard InChI is InChI=1S/C14H11ClO3/c1-17-13-8-10(9-16)7-12(15)14(13)18-11-5-3-2-4-6-11/h2-9H,1H3. The summed E-state index contributed by atoms with van der Waals surface area (Å²) in [6.07, 6.45) is 0.709. The molecule has 0 bridgehead atoms. The number of carbonyl (C=O) groups excluding carboxylic acids is 1. The van der Waals surface area contributed by atoms with E-state index in [-0.39, 0.29) is 0 Å². The highest BCUT2D eigenvalue weighted by Crippen LogP contribution is 2.38. The van der Waals surface area contributed by atoms with Crippen LogP contribution in [0.3, 0.4) is 0 Å². The smallest absolute Gasteiger partial charge is 0.187 e. The Labute approximate surface area is 110 Å². The molecule has 0 N–H and O–H groups in total. The molecule has 2 rings (SSSR count). The van der Waals surface area contributed by atoms with Crippen LogP contribution in [0.2, 0.25) is 5.02 Å². The van der Waals surface area contributed by atoms with E-state index in [2.05, 4.69) is 0 Å². The minimum Gasteiger partial charge on any atom is -0.493 e. The van der Waals surface area contributed by atoms with Crippen LogP contribution >= 0.6 is 11.6 Å². The van der Waals surface area contributed by atoms with Crippen molar-refractivity contribution in [3.8, 4) is 17.2 Å². The lowest BCUT2D eigenvalue weighted by molar-refractivity contribution is 0.112. The number of ether oxygens (including phenoxy) is 2. The van der Waals surface area contributed by atoms with E-state index in [0.29, 0.717) is 34.1 Å². The van der Waals surface area contributed by atoms with Gasteiger partial charge in [-0.2, -0.15) is 0 Å². The molecule has 4 heteroatoms. The summed E-state index contributed by atoms with van der Waals surface area (Å²) in [7, 11) is 1.50. The zero-order valence-corrected chi connectivity index (χ0v) is 10.5. The third-order valence-corrected chi connectivity index (χ3v) is 2.63. The Kier molecular flexibility index (Phi) is 3.85. The molecular formula is C14H11ClO3. The SMILES string of the molecule is COc1cc(C=O)cc(Cl)c1Oc1ccccc1. The van der Waals surface area contributed by atoms with Crippen molar-refractivity contribution in [1.82, 2.24) is 0 Å². The average molecular weight is 263 g/mol. The van der Waals surface area contributed by atoms with Crippen molar-refractivity contribution < 1.29 is 14.3 Å². The van der Waals surface area contributed by atoms with Crippen molar-refractivity contribution in [1.29, 1.82) is 0 Å². The summed E-state index contributed by atoms with van der Waals surface area (Å²) in [4.78, 5) is 10.7. The number of para-hydroxylation sites is 1. The summed E-state index contributed by atoms with van der Waals surface area (Å²) >= 11 is 6.08. The number of methoxy groups -OCH3 is 1. The maximum atomic E-state index is 10.7. The van der Waals surface area contributed by atoms with Gasteiger partial charge in [0.05, 0.1) is 12.1 Å². The Morgan fingerprint density at radius 3 is 2.50 bits per heavy atom. The maximum Gasteiger partial charge on any atom is 0.187 e. The molecule has 0 unspecified atom stereocenters. The Bertz CT molecular complexity index is 552. The molecule has 0 aromatic heterocycles. The van der Waals surface area contributed by atoms with Crippen LogP contribution in [-0.4, -0.2) is 13.4 Å². The molecule has 0 amide bonds. The molecule has 0 aliphatic heterocycles. The van der Waals surface area contributed by atoms with Gasteiger partial charge < -0.3 is 9.47 Å². The van der Waals surface area contributed by atoms with Crippen LogP contribution in [0.15, 0.2) is 42.5 Å². The number of benzene rings is 2. The monoisotopic (exact) mass is 262 g/mol. The van der Waals surface area contributed by atoms with Crippen LogP contribution in [0.25, 0.3) is 0 Å². The predicted molar refractivity (Wildman–Crippen MR) is 69.9 cm³/mol. The molecule has 2 aromatic rings. The normalized spacial score (nSPS) is 9.89. The number of hydrogen-bond acceptors (Lipinski definition) is 3. The van der Waals surface area contributed by atoms with E-state index in [1.54, 1.807) is 6.07 Å². The van der Waals surface area contributed by atoms with Gasteiger partial charge in [-0.1, -0.05) is 29.8 Å². The Hall–Kier alpha value is -2.00. The van der Waals surface area contributed by atoms with Gasteiger partial charge in [0.1, 0.15) is 12.0 Å². The maximum absolute atomic E-state index is 10.7. The van der Waals surface area contributed by atoms with Crippen LogP contribution < -0.4 is 9.47 Å². The first-order valence-corrected chi connectivity index (χ1v) is 5.68. The van der Waals surface area contributed by atoms with Gasteiger partial charge in [-0.15, -0.1) is 0 Å². The fourth-order valence-corrected chi connectivity index (χ4v) is 1.77. The van der Waals surface area contributed by atoms with Crippen molar-refractivity contribution in [2.45, 2.75) is 0 Å². The first-order valence-electron chi connectivity index (χ1n) is 5.30. The largest absolute Gasteiger partial charge is 0.493 e. The van der Waals surface area contributed by atoms with E-state index in [9.17, 15) is 4.79 Å². The molecular weight excluding hydrogens is 252 g/mol. The Morgan fingerprint density at radius 2 is 1.89 bits per heavy atom. The molecule has 0 saturated carbocycles. The zero-order valence-electron chi connectivity index (χ0n) is 9.72. The minimum absolute atomic E-state index is 0.334. The van der Waals surface area contributed by atoms with Gasteiger partial charge in [-0.25, -0.2) is 0 Å². The highest BCUT2D eigenvalue weighted by atomic mass is 35.5. The van der Waals surface area contributed by atoms with Crippen LogP contribution in [-0.2, 0) is 0 Å². The number of hydrogen-bond donors (Lipinski definition) is 0. The average Bonchev–Trinajstić information content (AvgIpc) is 2.42. The molecule has 18 heavy (non-hydrogen) atoms. The van der Waals surface area contributed by atoms with Gasteiger partial charge in [0.15, 0.2) is 11.5 Å². The van der Waals surface area contributed by atoms with Crippen molar-refractivity contribution in [3.05, 3.63) is 53.1 Å². The summed E-state index contributed by atoms with van der Waals surface area (Å²) < 4.78 is 10.8. The highest BCUT2D eigenvalue weighted by Gasteiger charge is 2.12. The fourth-order valence-electron chi connectivity index (χ4n) is 1.51. The molecule has 92 valence electrons. The number of rotatable bonds is 4. The number of carbonyl (C=O) groups is 1. The van der Waals surface area contributed by atoms with Gasteiger partial charge in [0.2, 0.25) is 0 Å². The van der Waals surface area contributed by atoms with Crippen molar-refractivity contribution >= 4 is 17.9 Å². The summed E-state index contributed by atoms with van der Waals surface area (Å²) in [6, 6.07) is 12.3. The topological polar surface area (TPSA) is 35.5 Å². The van der Waals surface area contributed by atoms with E-state index < -0.39 is 0 Å². The number of aldehydes is 1. The predicted octanol–water partition coefficient (Wildman–Crippen LogP) is 3.95. The molecule has 0 atom stereocenters. The second-order valence-corrected chi connectivity index (χ2v) is 3.97. The van der Waals surface area contributed by atoms with Crippen LogP contribution in [0.1, 0.15) is 10.4 Å². The summed E-state index contributed by atoms with van der Waals surface area (Å²) in [5, 5.41) is 0.334. The third-order valence-electron chi connectivity index (χ3n) is 2.35. The summed E-state index contributed by atoms with van der Waals surface area (Å²) in [5.74, 6) is 1.47. The van der Waals surface area contributed by atoms with Gasteiger partial charge in [0, 0.05) is 5.56 Å². The van der Waals surface area contributed by atoms with Crippen molar-refractivity contribution in [2.75, 3.05) is 7.11 Å². The zero-order chi connectivity index (χ0) is 13.0. The molecule has 0 aliphatic carbocycles. The van der Waals surface area contributed by atoms with Gasteiger partial charge in [0.25, 0.3) is 0 Å². The molecule has 0 fully saturated rings. The van der Waals surface area contributed by atoms with Gasteiger partial charge >= 0.3 is 0 Å². The van der Waals surface area contributed by atoms with E-state index in [1.807, 2.05) is 30.3 Å². The van der Waals surface area contributed by atoms with E-state index >= 15 is 0 Å². The van der Waals surface area contributed by atoms with Crippen molar-refractivity contribution in [2.24, 2.45) is 0 Å². The minimum atomic E-state index is 0.334. The van der Waals surface area contributed by atoms with E-state index in [1.165, 1.54) is 13.2 Å². The summed E-state index contributed by atoms with van der Waals surface area (Å²) in [5.41, 5.74) is 0.442. The fraction of sp³-hybridized carbons (Fsp3) is 0.0714. The molecule has 2 aromatic carbocycles. The van der Waals surface area contributed by atoms with Crippen LogP contribution in [0, 0.1) is 0 Å². The van der Waals surface area contributed by atoms with E-state index in [0.717, 1.165) is 0 Å². The lowest BCUT2D eigenvalue weighted by Crippen LogP contribution is -1.93. The second kappa shape index (κ2) is 5.56. The lowest BCUT2D eigenvalue weighted by Gasteiger charge is -2.12. The van der Waals surface area contributed by atoms with Crippen molar-refractivity contribution in [3.63, 3.8) is 0 Å². The van der Waals surface area contributed by atoms with Gasteiger partial charge in [-0.05, 0) is 24.3 Å². The molecule has 3 nitrogen and oxygen atoms in total. The first kappa shape index (κ1) is 12.5. The molecule has 0 heterocycles.